The second-order valence-corrected chi connectivity index (χ2v) is 4.87. The van der Waals surface area contributed by atoms with Gasteiger partial charge in [-0.15, -0.1) is 0 Å². The van der Waals surface area contributed by atoms with Crippen LogP contribution in [0.15, 0.2) is 6.07 Å². The molecule has 1 aromatic rings. The summed E-state index contributed by atoms with van der Waals surface area (Å²) < 4.78 is 0. The molecule has 0 unspecified atom stereocenters. The monoisotopic (exact) mass is 250 g/mol. The molecule has 0 saturated heterocycles. The van der Waals surface area contributed by atoms with Crippen LogP contribution in [0.25, 0.3) is 0 Å². The van der Waals surface area contributed by atoms with Crippen molar-refractivity contribution in [2.45, 2.75) is 53.5 Å². The molecule has 0 amide bonds. The van der Waals surface area contributed by atoms with Crippen LogP contribution in [0.3, 0.4) is 0 Å². The van der Waals surface area contributed by atoms with Crippen molar-refractivity contribution in [2.24, 2.45) is 0 Å². The fourth-order valence-electron chi connectivity index (χ4n) is 1.92. The van der Waals surface area contributed by atoms with E-state index in [0.29, 0.717) is 6.04 Å². The maximum Gasteiger partial charge on any atom is 0.134 e. The first-order chi connectivity index (χ1) is 8.58. The molecule has 0 radical (unpaired) electrons. The summed E-state index contributed by atoms with van der Waals surface area (Å²) in [5, 5.41) is 3.33. The fourth-order valence-corrected chi connectivity index (χ4v) is 1.92. The van der Waals surface area contributed by atoms with Crippen LogP contribution in [0.4, 0.5) is 11.6 Å². The summed E-state index contributed by atoms with van der Waals surface area (Å²) in [4.78, 5) is 11.3. The number of nitrogens with zero attached hydrogens (tertiary/aromatic N) is 3. The van der Waals surface area contributed by atoms with E-state index in [2.05, 4.69) is 53.9 Å². The highest BCUT2D eigenvalue weighted by atomic mass is 15.2. The zero-order valence-corrected chi connectivity index (χ0v) is 12.3. The second-order valence-electron chi connectivity index (χ2n) is 4.87. The Balaban J connectivity index is 2.95. The highest BCUT2D eigenvalue weighted by Gasteiger charge is 2.12. The number of rotatable bonds is 7. The first-order valence-electron chi connectivity index (χ1n) is 6.94. The average Bonchev–Trinajstić information content (AvgIpc) is 2.32. The Labute approximate surface area is 111 Å². The molecule has 4 heteroatoms. The Morgan fingerprint density at radius 1 is 1.22 bits per heavy atom. The molecule has 1 rings (SSSR count). The molecule has 0 aliphatic heterocycles. The molecule has 1 heterocycles. The van der Waals surface area contributed by atoms with E-state index in [4.69, 9.17) is 0 Å². The van der Waals surface area contributed by atoms with E-state index in [1.165, 1.54) is 0 Å². The molecule has 0 saturated carbocycles. The Morgan fingerprint density at radius 2 is 1.94 bits per heavy atom. The van der Waals surface area contributed by atoms with E-state index in [1.807, 2.05) is 6.92 Å². The molecular weight excluding hydrogens is 224 g/mol. The lowest BCUT2D eigenvalue weighted by atomic mass is 10.3. The van der Waals surface area contributed by atoms with Crippen molar-refractivity contribution >= 4 is 11.6 Å². The van der Waals surface area contributed by atoms with E-state index in [0.717, 1.165) is 43.4 Å². The van der Waals surface area contributed by atoms with Crippen LogP contribution < -0.4 is 10.2 Å². The number of aryl methyl sites for hydroxylation is 1. The Kier molecular flexibility index (Phi) is 5.89. The molecule has 0 aliphatic rings. The Hall–Kier alpha value is -1.32. The van der Waals surface area contributed by atoms with Crippen LogP contribution in [-0.4, -0.2) is 29.1 Å². The third-order valence-electron chi connectivity index (χ3n) is 2.76. The highest BCUT2D eigenvalue weighted by molar-refractivity contribution is 5.49. The smallest absolute Gasteiger partial charge is 0.134 e. The predicted octanol–water partition coefficient (Wildman–Crippen LogP) is 3.23. The average molecular weight is 250 g/mol. The number of hydrogen-bond donors (Lipinski definition) is 1. The standard InChI is InChI=1S/C14H26N4/c1-6-8-15-13-10-14(17-12(5)16-13)18(9-7-2)11(3)4/h10-11H,6-9H2,1-5H3,(H,15,16,17). The minimum absolute atomic E-state index is 0.457. The van der Waals surface area contributed by atoms with Gasteiger partial charge in [0.15, 0.2) is 0 Å². The minimum atomic E-state index is 0.457. The lowest BCUT2D eigenvalue weighted by Crippen LogP contribution is -2.32. The summed E-state index contributed by atoms with van der Waals surface area (Å²) in [5.41, 5.74) is 0. The third kappa shape index (κ3) is 4.17. The molecule has 1 N–H and O–H groups in total. The van der Waals surface area contributed by atoms with Gasteiger partial charge in [-0.05, 0) is 33.6 Å². The normalized spacial score (nSPS) is 10.8. The first kappa shape index (κ1) is 14.7. The van der Waals surface area contributed by atoms with Crippen LogP contribution in [0.5, 0.6) is 0 Å². The summed E-state index contributed by atoms with van der Waals surface area (Å²) >= 11 is 0. The first-order valence-corrected chi connectivity index (χ1v) is 6.94. The minimum Gasteiger partial charge on any atom is -0.370 e. The molecule has 4 nitrogen and oxygen atoms in total. The van der Waals surface area contributed by atoms with E-state index in [-0.39, 0.29) is 0 Å². The maximum absolute atomic E-state index is 4.56. The van der Waals surface area contributed by atoms with Crippen molar-refractivity contribution in [3.05, 3.63) is 11.9 Å². The van der Waals surface area contributed by atoms with Crippen molar-refractivity contribution < 1.29 is 0 Å². The second kappa shape index (κ2) is 7.19. The Bertz CT molecular complexity index is 363. The van der Waals surface area contributed by atoms with Gasteiger partial charge >= 0.3 is 0 Å². The summed E-state index contributed by atoms with van der Waals surface area (Å²) in [6.45, 7) is 12.7. The van der Waals surface area contributed by atoms with Crippen LogP contribution in [0, 0.1) is 6.92 Å². The zero-order chi connectivity index (χ0) is 13.5. The van der Waals surface area contributed by atoms with Gasteiger partial charge in [-0.1, -0.05) is 13.8 Å². The van der Waals surface area contributed by atoms with Crippen LogP contribution in [-0.2, 0) is 0 Å². The molecule has 0 aliphatic carbocycles. The quantitative estimate of drug-likeness (QED) is 0.806. The molecule has 1 aromatic heterocycles. The lowest BCUT2D eigenvalue weighted by Gasteiger charge is -2.28. The van der Waals surface area contributed by atoms with Gasteiger partial charge in [0, 0.05) is 25.2 Å². The molecule has 0 atom stereocenters. The summed E-state index contributed by atoms with van der Waals surface area (Å²) in [7, 11) is 0. The van der Waals surface area contributed by atoms with Crippen molar-refractivity contribution in [1.29, 1.82) is 0 Å². The molecule has 18 heavy (non-hydrogen) atoms. The summed E-state index contributed by atoms with van der Waals surface area (Å²) in [5.74, 6) is 2.78. The van der Waals surface area contributed by atoms with Gasteiger partial charge < -0.3 is 10.2 Å². The van der Waals surface area contributed by atoms with Gasteiger partial charge in [0.25, 0.3) is 0 Å². The highest BCUT2D eigenvalue weighted by Crippen LogP contribution is 2.18. The molecule has 0 fully saturated rings. The van der Waals surface area contributed by atoms with Gasteiger partial charge in [0.1, 0.15) is 17.5 Å². The van der Waals surface area contributed by atoms with E-state index < -0.39 is 0 Å². The molecular formula is C14H26N4. The topological polar surface area (TPSA) is 41.0 Å². The van der Waals surface area contributed by atoms with E-state index in [9.17, 15) is 0 Å². The van der Waals surface area contributed by atoms with Gasteiger partial charge in [0.2, 0.25) is 0 Å². The third-order valence-corrected chi connectivity index (χ3v) is 2.76. The summed E-state index contributed by atoms with van der Waals surface area (Å²) in [6, 6.07) is 2.51. The SMILES string of the molecule is CCCNc1cc(N(CCC)C(C)C)nc(C)n1. The van der Waals surface area contributed by atoms with Gasteiger partial charge in [-0.25, -0.2) is 9.97 Å². The summed E-state index contributed by atoms with van der Waals surface area (Å²) in [6.07, 6.45) is 2.22. The number of aromatic nitrogens is 2. The van der Waals surface area contributed by atoms with Gasteiger partial charge in [-0.2, -0.15) is 0 Å². The molecule has 0 aromatic carbocycles. The van der Waals surface area contributed by atoms with E-state index >= 15 is 0 Å². The lowest BCUT2D eigenvalue weighted by molar-refractivity contribution is 0.659. The molecule has 102 valence electrons. The Morgan fingerprint density at radius 3 is 2.50 bits per heavy atom. The molecule has 0 bridgehead atoms. The fraction of sp³-hybridized carbons (Fsp3) is 0.714. The molecule has 0 spiro atoms. The van der Waals surface area contributed by atoms with Crippen LogP contribution >= 0.6 is 0 Å². The number of anilines is 2. The van der Waals surface area contributed by atoms with Gasteiger partial charge in [-0.3, -0.25) is 0 Å². The van der Waals surface area contributed by atoms with Gasteiger partial charge in [0.05, 0.1) is 0 Å². The zero-order valence-electron chi connectivity index (χ0n) is 12.3. The van der Waals surface area contributed by atoms with Crippen molar-refractivity contribution in [3.63, 3.8) is 0 Å². The predicted molar refractivity (Wildman–Crippen MR) is 78.3 cm³/mol. The van der Waals surface area contributed by atoms with Crippen molar-refractivity contribution in [2.75, 3.05) is 23.3 Å². The number of hydrogen-bond acceptors (Lipinski definition) is 4. The van der Waals surface area contributed by atoms with E-state index in [1.54, 1.807) is 0 Å². The number of nitrogens with one attached hydrogen (secondary N) is 1. The van der Waals surface area contributed by atoms with Crippen molar-refractivity contribution in [1.82, 2.24) is 9.97 Å². The largest absolute Gasteiger partial charge is 0.370 e. The van der Waals surface area contributed by atoms with Crippen LogP contribution in [0.2, 0.25) is 0 Å². The maximum atomic E-state index is 4.56. The van der Waals surface area contributed by atoms with Crippen LogP contribution in [0.1, 0.15) is 46.4 Å². The van der Waals surface area contributed by atoms with Crippen molar-refractivity contribution in [3.8, 4) is 0 Å².